The maximum atomic E-state index is 10.0. The maximum Gasteiger partial charge on any atom is 0.143 e. The van der Waals surface area contributed by atoms with E-state index in [9.17, 15) is 5.11 Å². The molecule has 0 heterocycles. The van der Waals surface area contributed by atoms with E-state index >= 15 is 0 Å². The molecule has 0 spiro atoms. The fourth-order valence-corrected chi connectivity index (χ4v) is 2.25. The van der Waals surface area contributed by atoms with Crippen molar-refractivity contribution in [3.8, 4) is 5.75 Å². The van der Waals surface area contributed by atoms with E-state index in [1.807, 2.05) is 56.3 Å². The second kappa shape index (κ2) is 5.37. The first-order valence-corrected chi connectivity index (χ1v) is 6.84. The van der Waals surface area contributed by atoms with Crippen molar-refractivity contribution in [2.24, 2.45) is 10.2 Å². The highest BCUT2D eigenvalue weighted by Crippen LogP contribution is 2.36. The molecule has 3 aromatic rings. The number of aromatic hydroxyl groups is 1. The van der Waals surface area contributed by atoms with E-state index in [2.05, 4.69) is 16.3 Å². The molecule has 0 bridgehead atoms. The summed E-state index contributed by atoms with van der Waals surface area (Å²) in [7, 11) is 0. The Morgan fingerprint density at radius 3 is 2.24 bits per heavy atom. The SMILES string of the molecule is Cc1ccc(/N=N/c2c(O)ccc3cc(C)ccc23)cc1. The van der Waals surface area contributed by atoms with E-state index in [1.165, 1.54) is 11.1 Å². The van der Waals surface area contributed by atoms with Crippen LogP contribution in [0.2, 0.25) is 0 Å². The van der Waals surface area contributed by atoms with Gasteiger partial charge in [0.1, 0.15) is 11.4 Å². The van der Waals surface area contributed by atoms with Crippen LogP contribution < -0.4 is 0 Å². The Morgan fingerprint density at radius 1 is 0.762 bits per heavy atom. The van der Waals surface area contributed by atoms with Crippen LogP contribution >= 0.6 is 0 Å². The number of fused-ring (bicyclic) bond motifs is 1. The average Bonchev–Trinajstić information content (AvgIpc) is 2.48. The Labute approximate surface area is 123 Å². The second-order valence-corrected chi connectivity index (χ2v) is 5.19. The van der Waals surface area contributed by atoms with Gasteiger partial charge in [0, 0.05) is 5.39 Å². The minimum absolute atomic E-state index is 0.141. The van der Waals surface area contributed by atoms with Gasteiger partial charge in [0.2, 0.25) is 0 Å². The third-order valence-corrected chi connectivity index (χ3v) is 3.43. The van der Waals surface area contributed by atoms with E-state index in [4.69, 9.17) is 0 Å². The van der Waals surface area contributed by atoms with Crippen molar-refractivity contribution in [3.63, 3.8) is 0 Å². The summed E-state index contributed by atoms with van der Waals surface area (Å²) in [6.07, 6.45) is 0. The molecule has 0 saturated carbocycles. The molecule has 3 nitrogen and oxygen atoms in total. The van der Waals surface area contributed by atoms with Crippen LogP contribution in [0.5, 0.6) is 5.75 Å². The molecular weight excluding hydrogens is 260 g/mol. The number of rotatable bonds is 2. The standard InChI is InChI=1S/C18H16N2O/c1-12-3-7-15(8-4-12)19-20-18-16-9-5-13(2)11-14(16)6-10-17(18)21/h3-11,21H,1-2H3/b20-19+. The van der Waals surface area contributed by atoms with Crippen LogP contribution in [0.3, 0.4) is 0 Å². The third-order valence-electron chi connectivity index (χ3n) is 3.43. The fraction of sp³-hybridized carbons (Fsp3) is 0.111. The third kappa shape index (κ3) is 2.77. The van der Waals surface area contributed by atoms with Crippen LogP contribution in [0, 0.1) is 13.8 Å². The summed E-state index contributed by atoms with van der Waals surface area (Å²) < 4.78 is 0. The van der Waals surface area contributed by atoms with Gasteiger partial charge in [-0.2, -0.15) is 5.11 Å². The van der Waals surface area contributed by atoms with Crippen LogP contribution in [0.4, 0.5) is 11.4 Å². The number of aryl methyl sites for hydroxylation is 2. The molecule has 0 aliphatic carbocycles. The van der Waals surface area contributed by atoms with Crippen molar-refractivity contribution in [1.29, 1.82) is 0 Å². The molecule has 3 rings (SSSR count). The number of phenols is 1. The summed E-state index contributed by atoms with van der Waals surface area (Å²) in [5, 5.41) is 20.4. The van der Waals surface area contributed by atoms with Crippen LogP contribution in [0.1, 0.15) is 11.1 Å². The summed E-state index contributed by atoms with van der Waals surface area (Å²) in [6.45, 7) is 4.07. The molecule has 0 aliphatic heterocycles. The largest absolute Gasteiger partial charge is 0.506 e. The highest BCUT2D eigenvalue weighted by molar-refractivity contribution is 5.95. The molecular formula is C18H16N2O. The Bertz CT molecular complexity index is 820. The highest BCUT2D eigenvalue weighted by atomic mass is 16.3. The minimum atomic E-state index is 0.141. The zero-order valence-electron chi connectivity index (χ0n) is 12.0. The molecule has 0 atom stereocenters. The number of nitrogens with zero attached hydrogens (tertiary/aromatic N) is 2. The van der Waals surface area contributed by atoms with Gasteiger partial charge in [-0.25, -0.2) is 0 Å². The molecule has 0 saturated heterocycles. The molecule has 21 heavy (non-hydrogen) atoms. The van der Waals surface area contributed by atoms with Gasteiger partial charge in [-0.1, -0.05) is 47.5 Å². The van der Waals surface area contributed by atoms with Gasteiger partial charge in [0.25, 0.3) is 0 Å². The number of phenolic OH excluding ortho intramolecular Hbond substituents is 1. The normalized spacial score (nSPS) is 11.3. The van der Waals surface area contributed by atoms with E-state index in [-0.39, 0.29) is 5.75 Å². The van der Waals surface area contributed by atoms with E-state index in [0.29, 0.717) is 5.69 Å². The van der Waals surface area contributed by atoms with E-state index in [0.717, 1.165) is 16.5 Å². The van der Waals surface area contributed by atoms with Crippen molar-refractivity contribution in [1.82, 2.24) is 0 Å². The molecule has 0 amide bonds. The van der Waals surface area contributed by atoms with Crippen LogP contribution in [-0.2, 0) is 0 Å². The Kier molecular flexibility index (Phi) is 3.40. The zero-order valence-corrected chi connectivity index (χ0v) is 12.0. The summed E-state index contributed by atoms with van der Waals surface area (Å²) in [5.74, 6) is 0.141. The molecule has 3 aromatic carbocycles. The highest BCUT2D eigenvalue weighted by Gasteiger charge is 2.06. The van der Waals surface area contributed by atoms with Crippen molar-refractivity contribution >= 4 is 22.1 Å². The number of hydrogen-bond donors (Lipinski definition) is 1. The average molecular weight is 276 g/mol. The maximum absolute atomic E-state index is 10.0. The van der Waals surface area contributed by atoms with Crippen LogP contribution in [0.15, 0.2) is 64.8 Å². The Balaban J connectivity index is 2.07. The topological polar surface area (TPSA) is 45.0 Å². The van der Waals surface area contributed by atoms with Crippen molar-refractivity contribution in [2.75, 3.05) is 0 Å². The molecule has 0 unspecified atom stereocenters. The van der Waals surface area contributed by atoms with E-state index < -0.39 is 0 Å². The molecule has 0 radical (unpaired) electrons. The number of hydrogen-bond acceptors (Lipinski definition) is 3. The summed E-state index contributed by atoms with van der Waals surface area (Å²) in [4.78, 5) is 0. The first-order chi connectivity index (χ1) is 10.1. The van der Waals surface area contributed by atoms with Gasteiger partial charge >= 0.3 is 0 Å². The van der Waals surface area contributed by atoms with Crippen molar-refractivity contribution < 1.29 is 5.11 Å². The molecule has 3 heteroatoms. The lowest BCUT2D eigenvalue weighted by atomic mass is 10.1. The second-order valence-electron chi connectivity index (χ2n) is 5.19. The lowest BCUT2D eigenvalue weighted by Crippen LogP contribution is -1.77. The summed E-state index contributed by atoms with van der Waals surface area (Å²) in [6, 6.07) is 17.4. The molecule has 1 N–H and O–H groups in total. The smallest absolute Gasteiger partial charge is 0.143 e. The predicted octanol–water partition coefficient (Wildman–Crippen LogP) is 5.58. The monoisotopic (exact) mass is 276 g/mol. The van der Waals surface area contributed by atoms with Crippen molar-refractivity contribution in [3.05, 3.63) is 65.7 Å². The molecule has 0 aromatic heterocycles. The quantitative estimate of drug-likeness (QED) is 0.610. The Morgan fingerprint density at radius 2 is 1.48 bits per heavy atom. The lowest BCUT2D eigenvalue weighted by Gasteiger charge is -2.05. The summed E-state index contributed by atoms with van der Waals surface area (Å²) >= 11 is 0. The summed E-state index contributed by atoms with van der Waals surface area (Å²) in [5.41, 5.74) is 3.63. The number of azo groups is 1. The van der Waals surface area contributed by atoms with Gasteiger partial charge in [-0.15, -0.1) is 5.11 Å². The van der Waals surface area contributed by atoms with Gasteiger partial charge in [-0.05, 0) is 37.4 Å². The molecule has 0 fully saturated rings. The first-order valence-electron chi connectivity index (χ1n) is 6.84. The van der Waals surface area contributed by atoms with Crippen molar-refractivity contribution in [2.45, 2.75) is 13.8 Å². The van der Waals surface area contributed by atoms with Crippen LogP contribution in [0.25, 0.3) is 10.8 Å². The predicted molar refractivity (Wildman–Crippen MR) is 85.7 cm³/mol. The lowest BCUT2D eigenvalue weighted by molar-refractivity contribution is 0.477. The van der Waals surface area contributed by atoms with Gasteiger partial charge in [-0.3, -0.25) is 0 Å². The Hall–Kier alpha value is -2.68. The molecule has 104 valence electrons. The van der Waals surface area contributed by atoms with Crippen LogP contribution in [-0.4, -0.2) is 5.11 Å². The molecule has 0 aliphatic rings. The number of benzene rings is 3. The van der Waals surface area contributed by atoms with Gasteiger partial charge in [0.05, 0.1) is 5.69 Å². The fourth-order valence-electron chi connectivity index (χ4n) is 2.25. The zero-order chi connectivity index (χ0) is 14.8. The first kappa shape index (κ1) is 13.3. The van der Waals surface area contributed by atoms with Gasteiger partial charge < -0.3 is 5.11 Å². The van der Waals surface area contributed by atoms with Gasteiger partial charge in [0.15, 0.2) is 0 Å². The van der Waals surface area contributed by atoms with E-state index in [1.54, 1.807) is 6.07 Å². The minimum Gasteiger partial charge on any atom is -0.506 e.